The highest BCUT2D eigenvalue weighted by Crippen LogP contribution is 2.19. The van der Waals surface area contributed by atoms with Gasteiger partial charge in [0.05, 0.1) is 0 Å². The Morgan fingerprint density at radius 2 is 2.11 bits per heavy atom. The lowest BCUT2D eigenvalue weighted by Gasteiger charge is -2.22. The molecule has 1 aromatic heterocycles. The number of hydrogen-bond donors (Lipinski definition) is 2. The largest absolute Gasteiger partial charge is 0.317 e. The number of amides is 1. The molecule has 0 aliphatic carbocycles. The zero-order chi connectivity index (χ0) is 13.7. The van der Waals surface area contributed by atoms with Gasteiger partial charge in [-0.2, -0.15) is 0 Å². The minimum atomic E-state index is -0.0654. The van der Waals surface area contributed by atoms with Crippen LogP contribution < -0.4 is 10.6 Å². The molecule has 1 fully saturated rings. The van der Waals surface area contributed by atoms with Crippen molar-refractivity contribution in [3.8, 4) is 0 Å². The Morgan fingerprint density at radius 3 is 2.79 bits per heavy atom. The average molecular weight is 303 g/mol. The maximum absolute atomic E-state index is 11.8. The number of piperidine rings is 1. The van der Waals surface area contributed by atoms with Gasteiger partial charge in [0.1, 0.15) is 11.0 Å². The summed E-state index contributed by atoms with van der Waals surface area (Å²) in [6.07, 6.45) is 3.67. The van der Waals surface area contributed by atoms with E-state index in [-0.39, 0.29) is 16.3 Å². The molecule has 7 heteroatoms. The normalized spacial score (nSPS) is 16.3. The smallest absolute Gasteiger partial charge is 0.225 e. The SMILES string of the molecule is O=C(CCC1CCNCC1)Nc1cc(Cl)nc(Cl)n1. The molecule has 1 amide bonds. The fraction of sp³-hybridized carbons (Fsp3) is 0.583. The Hall–Kier alpha value is -0.910. The maximum Gasteiger partial charge on any atom is 0.225 e. The summed E-state index contributed by atoms with van der Waals surface area (Å²) in [4.78, 5) is 19.4. The van der Waals surface area contributed by atoms with Crippen LogP contribution in [0.5, 0.6) is 0 Å². The molecule has 0 aromatic carbocycles. The van der Waals surface area contributed by atoms with Gasteiger partial charge >= 0.3 is 0 Å². The van der Waals surface area contributed by atoms with Crippen LogP contribution in [-0.2, 0) is 4.79 Å². The summed E-state index contributed by atoms with van der Waals surface area (Å²) in [6.45, 7) is 2.09. The highest BCUT2D eigenvalue weighted by molar-refractivity contribution is 6.32. The van der Waals surface area contributed by atoms with Crippen molar-refractivity contribution in [2.24, 2.45) is 5.92 Å². The molecule has 2 N–H and O–H groups in total. The van der Waals surface area contributed by atoms with Gasteiger partial charge in [0, 0.05) is 12.5 Å². The predicted octanol–water partition coefficient (Wildman–Crippen LogP) is 2.50. The molecule has 19 heavy (non-hydrogen) atoms. The van der Waals surface area contributed by atoms with Crippen LogP contribution in [0, 0.1) is 5.92 Å². The Kier molecular flexibility index (Phi) is 5.36. The van der Waals surface area contributed by atoms with Crippen molar-refractivity contribution in [1.82, 2.24) is 15.3 Å². The van der Waals surface area contributed by atoms with E-state index in [0.29, 0.717) is 18.2 Å². The van der Waals surface area contributed by atoms with Gasteiger partial charge in [0.15, 0.2) is 0 Å². The van der Waals surface area contributed by atoms with E-state index in [2.05, 4.69) is 20.6 Å². The zero-order valence-corrected chi connectivity index (χ0v) is 12.0. The minimum absolute atomic E-state index is 0.0288. The van der Waals surface area contributed by atoms with Gasteiger partial charge in [-0.1, -0.05) is 11.6 Å². The van der Waals surface area contributed by atoms with Gasteiger partial charge in [0.2, 0.25) is 11.2 Å². The molecule has 1 aliphatic rings. The second kappa shape index (κ2) is 7.03. The summed E-state index contributed by atoms with van der Waals surface area (Å²) >= 11 is 11.4. The van der Waals surface area contributed by atoms with Crippen LogP contribution in [-0.4, -0.2) is 29.0 Å². The summed E-state index contributed by atoms with van der Waals surface area (Å²) < 4.78 is 0. The number of aromatic nitrogens is 2. The van der Waals surface area contributed by atoms with E-state index in [9.17, 15) is 4.79 Å². The molecule has 1 saturated heterocycles. The van der Waals surface area contributed by atoms with Crippen molar-refractivity contribution in [2.45, 2.75) is 25.7 Å². The molecule has 0 spiro atoms. The van der Waals surface area contributed by atoms with E-state index < -0.39 is 0 Å². The zero-order valence-electron chi connectivity index (χ0n) is 10.5. The number of nitrogens with zero attached hydrogens (tertiary/aromatic N) is 2. The predicted molar refractivity (Wildman–Crippen MR) is 75.5 cm³/mol. The lowest BCUT2D eigenvalue weighted by atomic mass is 9.93. The lowest BCUT2D eigenvalue weighted by Crippen LogP contribution is -2.28. The van der Waals surface area contributed by atoms with Crippen LogP contribution in [0.1, 0.15) is 25.7 Å². The van der Waals surface area contributed by atoms with E-state index in [1.165, 1.54) is 6.07 Å². The van der Waals surface area contributed by atoms with E-state index in [1.807, 2.05) is 0 Å². The van der Waals surface area contributed by atoms with Crippen LogP contribution in [0.15, 0.2) is 6.07 Å². The van der Waals surface area contributed by atoms with Crippen molar-refractivity contribution >= 4 is 34.9 Å². The Morgan fingerprint density at radius 1 is 1.37 bits per heavy atom. The molecule has 2 heterocycles. The van der Waals surface area contributed by atoms with Crippen molar-refractivity contribution in [1.29, 1.82) is 0 Å². The Bertz CT molecular complexity index is 429. The number of rotatable bonds is 4. The van der Waals surface area contributed by atoms with E-state index in [4.69, 9.17) is 23.2 Å². The molecular weight excluding hydrogens is 287 g/mol. The number of carbonyl (C=O) groups excluding carboxylic acids is 1. The third kappa shape index (κ3) is 4.93. The van der Waals surface area contributed by atoms with Crippen molar-refractivity contribution in [3.63, 3.8) is 0 Å². The first-order valence-corrected chi connectivity index (χ1v) is 7.10. The maximum atomic E-state index is 11.8. The molecule has 0 unspecified atom stereocenters. The summed E-state index contributed by atoms with van der Waals surface area (Å²) in [6, 6.07) is 1.48. The molecular formula is C12H16Cl2N4O. The number of carbonyl (C=O) groups is 1. The molecule has 0 saturated carbocycles. The summed E-state index contributed by atoms with van der Waals surface area (Å²) in [5, 5.41) is 6.24. The topological polar surface area (TPSA) is 66.9 Å². The molecule has 1 aromatic rings. The first-order chi connectivity index (χ1) is 9.13. The average Bonchev–Trinajstić information content (AvgIpc) is 2.36. The van der Waals surface area contributed by atoms with E-state index in [1.54, 1.807) is 0 Å². The number of hydrogen-bond acceptors (Lipinski definition) is 4. The fourth-order valence-electron chi connectivity index (χ4n) is 2.16. The van der Waals surface area contributed by atoms with Gasteiger partial charge in [-0.05, 0) is 49.9 Å². The van der Waals surface area contributed by atoms with Gasteiger partial charge in [-0.3, -0.25) is 4.79 Å². The van der Waals surface area contributed by atoms with Crippen LogP contribution in [0.3, 0.4) is 0 Å². The van der Waals surface area contributed by atoms with Gasteiger partial charge in [-0.15, -0.1) is 0 Å². The van der Waals surface area contributed by atoms with Crippen molar-refractivity contribution < 1.29 is 4.79 Å². The quantitative estimate of drug-likeness (QED) is 0.662. The van der Waals surface area contributed by atoms with E-state index in [0.717, 1.165) is 32.4 Å². The standard InChI is InChI=1S/C12H16Cl2N4O/c13-9-7-10(18-12(14)16-9)17-11(19)2-1-8-3-5-15-6-4-8/h7-8,15H,1-6H2,(H,16,17,18,19). The van der Waals surface area contributed by atoms with Crippen molar-refractivity contribution in [2.75, 3.05) is 18.4 Å². The minimum Gasteiger partial charge on any atom is -0.317 e. The number of nitrogens with one attached hydrogen (secondary N) is 2. The molecule has 0 radical (unpaired) electrons. The fourth-order valence-corrected chi connectivity index (χ4v) is 2.57. The summed E-state index contributed by atoms with van der Waals surface area (Å²) in [5.41, 5.74) is 0. The Labute approximate surface area is 122 Å². The summed E-state index contributed by atoms with van der Waals surface area (Å²) in [5.74, 6) is 0.911. The highest BCUT2D eigenvalue weighted by Gasteiger charge is 2.15. The van der Waals surface area contributed by atoms with Crippen LogP contribution in [0.2, 0.25) is 10.4 Å². The molecule has 0 bridgehead atoms. The summed E-state index contributed by atoms with van der Waals surface area (Å²) in [7, 11) is 0. The first-order valence-electron chi connectivity index (χ1n) is 6.34. The number of anilines is 1. The molecule has 0 atom stereocenters. The lowest BCUT2D eigenvalue weighted by molar-refractivity contribution is -0.116. The third-order valence-corrected chi connectivity index (χ3v) is 3.54. The Balaban J connectivity index is 1.80. The van der Waals surface area contributed by atoms with Crippen LogP contribution in [0.4, 0.5) is 5.82 Å². The monoisotopic (exact) mass is 302 g/mol. The second-order valence-corrected chi connectivity index (χ2v) is 5.35. The second-order valence-electron chi connectivity index (χ2n) is 4.63. The van der Waals surface area contributed by atoms with Crippen LogP contribution >= 0.6 is 23.2 Å². The van der Waals surface area contributed by atoms with Gasteiger partial charge < -0.3 is 10.6 Å². The molecule has 104 valence electrons. The van der Waals surface area contributed by atoms with E-state index >= 15 is 0 Å². The highest BCUT2D eigenvalue weighted by atomic mass is 35.5. The molecule has 2 rings (SSSR count). The van der Waals surface area contributed by atoms with Crippen LogP contribution in [0.25, 0.3) is 0 Å². The third-order valence-electron chi connectivity index (χ3n) is 3.17. The van der Waals surface area contributed by atoms with Crippen molar-refractivity contribution in [3.05, 3.63) is 16.5 Å². The molecule has 5 nitrogen and oxygen atoms in total. The van der Waals surface area contributed by atoms with Gasteiger partial charge in [-0.25, -0.2) is 9.97 Å². The first kappa shape index (κ1) is 14.5. The van der Waals surface area contributed by atoms with Gasteiger partial charge in [0.25, 0.3) is 0 Å². The molecule has 1 aliphatic heterocycles. The number of halogens is 2.